The van der Waals surface area contributed by atoms with E-state index in [4.69, 9.17) is 10.9 Å². The van der Waals surface area contributed by atoms with Gasteiger partial charge in [-0.1, -0.05) is 25.3 Å². The Hall–Kier alpha value is -4.15. The van der Waals surface area contributed by atoms with Crippen LogP contribution in [0, 0.1) is 23.7 Å². The number of aliphatic hydroxyl groups excluding tert-OH is 1. The summed E-state index contributed by atoms with van der Waals surface area (Å²) in [5.74, 6) is 9.62. The molecule has 9 heteroatoms. The third-order valence-electron chi connectivity index (χ3n) is 4.54. The van der Waals surface area contributed by atoms with Crippen LogP contribution < -0.4 is 21.8 Å². The molecule has 0 bridgehead atoms. The van der Waals surface area contributed by atoms with Crippen molar-refractivity contribution in [2.75, 3.05) is 11.9 Å². The Bertz CT molecular complexity index is 1140. The molecule has 2 aromatic rings. The summed E-state index contributed by atoms with van der Waals surface area (Å²) in [5.41, 5.74) is 9.01. The highest BCUT2D eigenvalue weighted by Gasteiger charge is 2.25. The summed E-state index contributed by atoms with van der Waals surface area (Å²) in [6, 6.07) is 12.1. The van der Waals surface area contributed by atoms with Gasteiger partial charge in [-0.3, -0.25) is 19.6 Å². The molecule has 0 unspecified atom stereocenters. The van der Waals surface area contributed by atoms with Gasteiger partial charge in [-0.25, -0.2) is 5.48 Å². The number of benzene rings is 2. The highest BCUT2D eigenvalue weighted by atomic mass is 16.5. The summed E-state index contributed by atoms with van der Waals surface area (Å²) in [5, 5.41) is 23.5. The van der Waals surface area contributed by atoms with E-state index in [1.54, 1.807) is 36.4 Å². The van der Waals surface area contributed by atoms with Gasteiger partial charge < -0.3 is 21.5 Å². The van der Waals surface area contributed by atoms with Crippen LogP contribution in [0.1, 0.15) is 48.7 Å². The molecule has 0 fully saturated rings. The number of carbonyl (C=O) groups excluding carboxylic acids is 3. The molecule has 0 radical (unpaired) electrons. The maximum atomic E-state index is 12.3. The fourth-order valence-corrected chi connectivity index (χ4v) is 2.77. The zero-order valence-corrected chi connectivity index (χ0v) is 18.6. The van der Waals surface area contributed by atoms with Crippen molar-refractivity contribution in [2.24, 2.45) is 5.73 Å². The number of nitrogens with one attached hydrogen (secondary N) is 3. The van der Waals surface area contributed by atoms with Crippen molar-refractivity contribution in [3.05, 3.63) is 65.2 Å². The average Bonchev–Trinajstić information content (AvgIpc) is 2.83. The van der Waals surface area contributed by atoms with Crippen LogP contribution in [0.4, 0.5) is 5.69 Å². The van der Waals surface area contributed by atoms with Gasteiger partial charge in [0.05, 0.1) is 6.10 Å². The van der Waals surface area contributed by atoms with Crippen LogP contribution in [-0.4, -0.2) is 46.7 Å². The van der Waals surface area contributed by atoms with Crippen molar-refractivity contribution in [3.63, 3.8) is 0 Å². The standard InChI is InChI=1S/C25H26N4O5.CH4/c1-17(30)23(25(33)29-34)28-24(32)20-13-11-18(12-14-20)6-2-3-7-19-8-4-9-21(16-19)27-22(31)10-5-15-26;/h4,8-9,11-14,16-17,23,30,34H,5,10,15,26H2,1H3,(H,27,31)(H,28,32)(H,29,33);1H4/t17-,23+;/m1./s1. The van der Waals surface area contributed by atoms with Crippen molar-refractivity contribution < 1.29 is 24.7 Å². The van der Waals surface area contributed by atoms with Crippen LogP contribution in [0.15, 0.2) is 48.5 Å². The van der Waals surface area contributed by atoms with E-state index >= 15 is 0 Å². The molecule has 9 nitrogen and oxygen atoms in total. The maximum absolute atomic E-state index is 12.3. The predicted molar refractivity (Wildman–Crippen MR) is 133 cm³/mol. The van der Waals surface area contributed by atoms with Gasteiger partial charge in [0.25, 0.3) is 11.8 Å². The molecule has 184 valence electrons. The Morgan fingerprint density at radius 3 is 2.29 bits per heavy atom. The van der Waals surface area contributed by atoms with Gasteiger partial charge in [-0.05, 0) is 74.2 Å². The quantitative estimate of drug-likeness (QED) is 0.191. The molecule has 0 saturated carbocycles. The van der Waals surface area contributed by atoms with Gasteiger partial charge in [0.1, 0.15) is 6.04 Å². The van der Waals surface area contributed by atoms with Gasteiger partial charge in [-0.2, -0.15) is 0 Å². The fourth-order valence-electron chi connectivity index (χ4n) is 2.77. The van der Waals surface area contributed by atoms with Crippen LogP contribution in [-0.2, 0) is 9.59 Å². The topological polar surface area (TPSA) is 154 Å². The van der Waals surface area contributed by atoms with Crippen molar-refractivity contribution in [2.45, 2.75) is 39.3 Å². The van der Waals surface area contributed by atoms with E-state index in [0.29, 0.717) is 36.2 Å². The number of carbonyl (C=O) groups is 3. The number of rotatable bonds is 8. The fraction of sp³-hybridized carbons (Fsp3) is 0.269. The molecule has 0 aliphatic heterocycles. The van der Waals surface area contributed by atoms with E-state index < -0.39 is 24.0 Å². The molecule has 7 N–H and O–H groups in total. The molecule has 0 aliphatic carbocycles. The molecule has 0 spiro atoms. The Balaban J connectivity index is 0.00000612. The van der Waals surface area contributed by atoms with Crippen LogP contribution in [0.25, 0.3) is 0 Å². The number of amides is 3. The number of hydrogen-bond donors (Lipinski definition) is 6. The van der Waals surface area contributed by atoms with Crippen LogP contribution >= 0.6 is 0 Å². The lowest BCUT2D eigenvalue weighted by molar-refractivity contribution is -0.133. The molecular formula is C26H30N4O5. The van der Waals surface area contributed by atoms with Gasteiger partial charge in [0, 0.05) is 28.8 Å². The minimum Gasteiger partial charge on any atom is -0.391 e. The van der Waals surface area contributed by atoms with Crippen LogP contribution in [0.5, 0.6) is 0 Å². The minimum absolute atomic E-state index is 0. The first kappa shape index (κ1) is 28.9. The number of aliphatic hydroxyl groups is 1. The van der Waals surface area contributed by atoms with Gasteiger partial charge >= 0.3 is 0 Å². The number of anilines is 1. The van der Waals surface area contributed by atoms with E-state index in [9.17, 15) is 19.5 Å². The molecule has 2 rings (SSSR count). The average molecular weight is 479 g/mol. The van der Waals surface area contributed by atoms with E-state index in [2.05, 4.69) is 34.3 Å². The van der Waals surface area contributed by atoms with Crippen molar-refractivity contribution >= 4 is 23.4 Å². The number of nitrogens with two attached hydrogens (primary N) is 1. The molecular weight excluding hydrogens is 448 g/mol. The predicted octanol–water partition coefficient (Wildman–Crippen LogP) is 1.39. The molecule has 35 heavy (non-hydrogen) atoms. The normalized spacial score (nSPS) is 11.2. The minimum atomic E-state index is -1.30. The lowest BCUT2D eigenvalue weighted by Gasteiger charge is -2.19. The van der Waals surface area contributed by atoms with E-state index in [1.807, 2.05) is 0 Å². The highest BCUT2D eigenvalue weighted by molar-refractivity contribution is 5.97. The zero-order chi connectivity index (χ0) is 24.9. The van der Waals surface area contributed by atoms with Crippen molar-refractivity contribution in [3.8, 4) is 23.7 Å². The second-order valence-electron chi connectivity index (χ2n) is 7.27. The second-order valence-corrected chi connectivity index (χ2v) is 7.27. The summed E-state index contributed by atoms with van der Waals surface area (Å²) in [6.07, 6.45) is -0.222. The molecule has 0 saturated heterocycles. The smallest absolute Gasteiger partial charge is 0.268 e. The molecule has 2 atom stereocenters. The molecule has 3 amide bonds. The third-order valence-corrected chi connectivity index (χ3v) is 4.54. The molecule has 0 aromatic heterocycles. The SMILES string of the molecule is C.C[C@@H](O)[C@H](NC(=O)c1ccc(C#CC#Cc2cccc(NC(=O)CCCN)c2)cc1)C(=O)NO. The monoisotopic (exact) mass is 478 g/mol. The summed E-state index contributed by atoms with van der Waals surface area (Å²) < 4.78 is 0. The Morgan fingerprint density at radius 1 is 1.03 bits per heavy atom. The summed E-state index contributed by atoms with van der Waals surface area (Å²) in [7, 11) is 0. The lowest BCUT2D eigenvalue weighted by Crippen LogP contribution is -2.51. The van der Waals surface area contributed by atoms with E-state index in [-0.39, 0.29) is 18.9 Å². The summed E-state index contributed by atoms with van der Waals surface area (Å²) in [6.45, 7) is 1.77. The second kappa shape index (κ2) is 14.9. The largest absolute Gasteiger partial charge is 0.391 e. The third kappa shape index (κ3) is 9.70. The lowest BCUT2D eigenvalue weighted by atomic mass is 10.1. The van der Waals surface area contributed by atoms with E-state index in [1.165, 1.54) is 24.5 Å². The number of hydrogen-bond acceptors (Lipinski definition) is 6. The van der Waals surface area contributed by atoms with Gasteiger partial charge in [0.2, 0.25) is 5.91 Å². The highest BCUT2D eigenvalue weighted by Crippen LogP contribution is 2.10. The molecule has 2 aromatic carbocycles. The number of hydroxylamine groups is 1. The summed E-state index contributed by atoms with van der Waals surface area (Å²) in [4.78, 5) is 35.6. The maximum Gasteiger partial charge on any atom is 0.268 e. The van der Waals surface area contributed by atoms with Gasteiger partial charge in [0.15, 0.2) is 0 Å². The van der Waals surface area contributed by atoms with Crippen molar-refractivity contribution in [1.82, 2.24) is 10.8 Å². The zero-order valence-electron chi connectivity index (χ0n) is 18.6. The van der Waals surface area contributed by atoms with Crippen LogP contribution in [0.2, 0.25) is 0 Å². The first-order valence-electron chi connectivity index (χ1n) is 10.5. The summed E-state index contributed by atoms with van der Waals surface area (Å²) >= 11 is 0. The van der Waals surface area contributed by atoms with Crippen LogP contribution in [0.3, 0.4) is 0 Å². The first-order valence-corrected chi connectivity index (χ1v) is 10.5. The van der Waals surface area contributed by atoms with Gasteiger partial charge in [-0.15, -0.1) is 0 Å². The Labute approximate surface area is 205 Å². The molecule has 0 aliphatic rings. The van der Waals surface area contributed by atoms with E-state index in [0.717, 1.165) is 0 Å². The Kier molecular flexibility index (Phi) is 12.3. The first-order chi connectivity index (χ1) is 16.3. The molecule has 0 heterocycles. The Morgan fingerprint density at radius 2 is 1.69 bits per heavy atom. The van der Waals surface area contributed by atoms with Crippen molar-refractivity contribution in [1.29, 1.82) is 0 Å².